The molecule has 0 fully saturated rings. The van der Waals surface area contributed by atoms with Crippen molar-refractivity contribution >= 4 is 35.4 Å². The molecule has 13 nitrogen and oxygen atoms in total. The van der Waals surface area contributed by atoms with Gasteiger partial charge in [-0.2, -0.15) is 5.10 Å². The maximum absolute atomic E-state index is 12.9. The molecule has 0 radical (unpaired) electrons. The summed E-state index contributed by atoms with van der Waals surface area (Å²) in [6.45, 7) is 1.63. The maximum Gasteiger partial charge on any atom is 0.350 e. The lowest BCUT2D eigenvalue weighted by atomic mass is 10.2. The molecule has 202 valence electrons. The number of carbonyl (C=O) groups is 3. The van der Waals surface area contributed by atoms with Crippen molar-refractivity contribution in [2.24, 2.45) is 12.1 Å². The van der Waals surface area contributed by atoms with Crippen molar-refractivity contribution in [2.75, 3.05) is 5.32 Å². The van der Waals surface area contributed by atoms with Gasteiger partial charge in [0.2, 0.25) is 0 Å². The Hall–Kier alpha value is -5.85. The van der Waals surface area contributed by atoms with Crippen LogP contribution in [-0.4, -0.2) is 38.3 Å². The van der Waals surface area contributed by atoms with Crippen LogP contribution in [0.3, 0.4) is 0 Å². The third kappa shape index (κ3) is 5.83. The van der Waals surface area contributed by atoms with E-state index in [0.29, 0.717) is 16.9 Å². The Morgan fingerprint density at radius 2 is 1.60 bits per heavy atom. The summed E-state index contributed by atoms with van der Waals surface area (Å²) in [5, 5.41) is 17.2. The second-order valence-electron chi connectivity index (χ2n) is 8.32. The van der Waals surface area contributed by atoms with Gasteiger partial charge in [-0.1, -0.05) is 30.3 Å². The monoisotopic (exact) mass is 542 g/mol. The van der Waals surface area contributed by atoms with Gasteiger partial charge in [0.05, 0.1) is 22.5 Å². The van der Waals surface area contributed by atoms with E-state index in [2.05, 4.69) is 15.8 Å². The molecule has 0 aliphatic carbocycles. The quantitative estimate of drug-likeness (QED) is 0.0904. The predicted octanol–water partition coefficient (Wildman–Crippen LogP) is 2.70. The minimum Gasteiger partial charge on any atom is -0.423 e. The number of carbonyl (C=O) groups excluding carboxylic acids is 3. The molecule has 0 atom stereocenters. The van der Waals surface area contributed by atoms with Gasteiger partial charge < -0.3 is 10.1 Å². The van der Waals surface area contributed by atoms with E-state index in [0.717, 1.165) is 0 Å². The topological polar surface area (TPSA) is 167 Å². The molecular formula is C27H22N6O7. The molecule has 0 spiro atoms. The zero-order valence-corrected chi connectivity index (χ0v) is 21.2. The molecule has 0 bridgehead atoms. The van der Waals surface area contributed by atoms with Crippen molar-refractivity contribution in [1.82, 2.24) is 14.8 Å². The molecule has 0 saturated heterocycles. The number of ether oxygens (including phenoxy) is 1. The minimum atomic E-state index is -1.10. The number of amides is 2. The second-order valence-corrected chi connectivity index (χ2v) is 8.32. The van der Waals surface area contributed by atoms with E-state index in [9.17, 15) is 29.3 Å². The van der Waals surface area contributed by atoms with E-state index >= 15 is 0 Å². The Balaban J connectivity index is 1.36. The van der Waals surface area contributed by atoms with Gasteiger partial charge in [0, 0.05) is 13.1 Å². The molecule has 0 aliphatic rings. The zero-order valence-electron chi connectivity index (χ0n) is 21.2. The van der Waals surface area contributed by atoms with Crippen LogP contribution in [0.4, 0.5) is 11.4 Å². The van der Waals surface area contributed by atoms with Crippen molar-refractivity contribution in [2.45, 2.75) is 6.92 Å². The number of anilines is 1. The lowest BCUT2D eigenvalue weighted by Gasteiger charge is -2.07. The van der Waals surface area contributed by atoms with Crippen LogP contribution in [0.1, 0.15) is 21.6 Å². The Labute approximate surface area is 226 Å². The van der Waals surface area contributed by atoms with Crippen LogP contribution in [-0.2, 0) is 16.6 Å². The summed E-state index contributed by atoms with van der Waals surface area (Å²) >= 11 is 0. The first kappa shape index (κ1) is 27.2. The molecule has 0 saturated carbocycles. The number of benzene rings is 3. The normalized spacial score (nSPS) is 10.8. The summed E-state index contributed by atoms with van der Waals surface area (Å²) in [6, 6.07) is 20.1. The first-order valence-corrected chi connectivity index (χ1v) is 11.7. The van der Waals surface area contributed by atoms with Crippen molar-refractivity contribution < 1.29 is 24.0 Å². The third-order valence-corrected chi connectivity index (χ3v) is 5.79. The van der Waals surface area contributed by atoms with Gasteiger partial charge in [0.25, 0.3) is 11.2 Å². The fourth-order valence-electron chi connectivity index (χ4n) is 3.69. The predicted molar refractivity (Wildman–Crippen MR) is 145 cm³/mol. The Morgan fingerprint density at radius 1 is 0.950 bits per heavy atom. The standard InChI is InChI=1S/C27H22N6O7/c1-17-23(26(36)32(31(17)2)19-8-4-3-5-9-19)29-24(34)25(35)30-28-16-18-12-14-20(15-13-18)40-27(37)21-10-6-7-11-22(21)33(38)39/h3-16H,1-2H3,(H,29,34)(H,30,35)/b28-16+. The summed E-state index contributed by atoms with van der Waals surface area (Å²) in [7, 11) is 1.65. The third-order valence-electron chi connectivity index (χ3n) is 5.79. The van der Waals surface area contributed by atoms with Crippen LogP contribution < -0.4 is 21.0 Å². The van der Waals surface area contributed by atoms with Crippen LogP contribution in [0.5, 0.6) is 5.75 Å². The van der Waals surface area contributed by atoms with E-state index in [4.69, 9.17) is 4.74 Å². The molecule has 40 heavy (non-hydrogen) atoms. The first-order valence-electron chi connectivity index (χ1n) is 11.7. The van der Waals surface area contributed by atoms with Gasteiger partial charge in [-0.05, 0) is 55.0 Å². The smallest absolute Gasteiger partial charge is 0.350 e. The van der Waals surface area contributed by atoms with Crippen molar-refractivity contribution in [3.05, 3.63) is 116 Å². The van der Waals surface area contributed by atoms with Crippen LogP contribution in [0.15, 0.2) is 88.8 Å². The highest BCUT2D eigenvalue weighted by atomic mass is 16.6. The Morgan fingerprint density at radius 3 is 2.27 bits per heavy atom. The average Bonchev–Trinajstić information content (AvgIpc) is 3.16. The van der Waals surface area contributed by atoms with E-state index in [1.54, 1.807) is 42.9 Å². The van der Waals surface area contributed by atoms with Crippen LogP contribution >= 0.6 is 0 Å². The first-order chi connectivity index (χ1) is 19.2. The highest BCUT2D eigenvalue weighted by Crippen LogP contribution is 2.21. The molecular weight excluding hydrogens is 520 g/mol. The van der Waals surface area contributed by atoms with E-state index in [1.165, 1.54) is 59.4 Å². The number of nitro benzene ring substituents is 1. The fraction of sp³-hybridized carbons (Fsp3) is 0.0741. The fourth-order valence-corrected chi connectivity index (χ4v) is 3.69. The number of hydrogen-bond acceptors (Lipinski definition) is 8. The van der Waals surface area contributed by atoms with Crippen molar-refractivity contribution in [1.29, 1.82) is 0 Å². The molecule has 2 amide bonds. The number of esters is 1. The average molecular weight is 543 g/mol. The van der Waals surface area contributed by atoms with Crippen molar-refractivity contribution in [3.8, 4) is 11.4 Å². The van der Waals surface area contributed by atoms with Crippen LogP contribution in [0, 0.1) is 17.0 Å². The Kier molecular flexibility index (Phi) is 7.94. The molecule has 3 aromatic carbocycles. The van der Waals surface area contributed by atoms with Crippen molar-refractivity contribution in [3.63, 3.8) is 0 Å². The van der Waals surface area contributed by atoms with E-state index < -0.39 is 28.3 Å². The molecule has 2 N–H and O–H groups in total. The summed E-state index contributed by atoms with van der Waals surface area (Å²) in [5.41, 5.74) is 2.49. The molecule has 1 aromatic heterocycles. The minimum absolute atomic E-state index is 0.0403. The molecule has 1 heterocycles. The number of nitro groups is 1. The largest absolute Gasteiger partial charge is 0.423 e. The Bertz CT molecular complexity index is 1690. The number of nitrogens with zero attached hydrogens (tertiary/aromatic N) is 4. The van der Waals surface area contributed by atoms with E-state index in [1.807, 2.05) is 6.07 Å². The number of para-hydroxylation sites is 2. The second kappa shape index (κ2) is 11.7. The number of nitrogens with one attached hydrogen (secondary N) is 2. The lowest BCUT2D eigenvalue weighted by molar-refractivity contribution is -0.385. The lowest BCUT2D eigenvalue weighted by Crippen LogP contribution is -2.34. The molecule has 0 unspecified atom stereocenters. The molecule has 4 aromatic rings. The number of rotatable bonds is 7. The molecule has 0 aliphatic heterocycles. The van der Waals surface area contributed by atoms with Gasteiger partial charge in [-0.3, -0.25) is 29.2 Å². The van der Waals surface area contributed by atoms with Gasteiger partial charge in [-0.15, -0.1) is 0 Å². The molecule has 13 heteroatoms. The summed E-state index contributed by atoms with van der Waals surface area (Å²) in [6.07, 6.45) is 1.25. The number of hydrazone groups is 1. The highest BCUT2D eigenvalue weighted by Gasteiger charge is 2.22. The SMILES string of the molecule is Cc1c(NC(=O)C(=O)N/N=C/c2ccc(OC(=O)c3ccccc3[N+](=O)[O-])cc2)c(=O)n(-c2ccccc2)n1C. The maximum atomic E-state index is 12.9. The van der Waals surface area contributed by atoms with Gasteiger partial charge >= 0.3 is 17.8 Å². The van der Waals surface area contributed by atoms with Gasteiger partial charge in [0.15, 0.2) is 0 Å². The number of aromatic nitrogens is 2. The molecule has 4 rings (SSSR count). The van der Waals surface area contributed by atoms with Gasteiger partial charge in [-0.25, -0.2) is 14.9 Å². The van der Waals surface area contributed by atoms with Crippen LogP contribution in [0.25, 0.3) is 5.69 Å². The number of hydrogen-bond donors (Lipinski definition) is 2. The van der Waals surface area contributed by atoms with Crippen LogP contribution in [0.2, 0.25) is 0 Å². The van der Waals surface area contributed by atoms with E-state index in [-0.39, 0.29) is 22.7 Å². The summed E-state index contributed by atoms with van der Waals surface area (Å²) in [5.74, 6) is -2.94. The highest BCUT2D eigenvalue weighted by molar-refractivity contribution is 6.39. The summed E-state index contributed by atoms with van der Waals surface area (Å²) in [4.78, 5) is 60.3. The summed E-state index contributed by atoms with van der Waals surface area (Å²) < 4.78 is 8.12. The zero-order chi connectivity index (χ0) is 28.8. The van der Waals surface area contributed by atoms with Gasteiger partial charge in [0.1, 0.15) is 17.0 Å².